The molecule has 0 heterocycles. The lowest BCUT2D eigenvalue weighted by molar-refractivity contribution is 0.358. The third-order valence-electron chi connectivity index (χ3n) is 4.98. The molecule has 1 rings (SSSR count). The van der Waals surface area contributed by atoms with E-state index in [1.165, 1.54) is 63.4 Å². The van der Waals surface area contributed by atoms with E-state index in [0.29, 0.717) is 10.8 Å². The first-order valence-corrected chi connectivity index (χ1v) is 10.2. The molecule has 0 bridgehead atoms. The van der Waals surface area contributed by atoms with Gasteiger partial charge in [0.25, 0.3) is 0 Å². The van der Waals surface area contributed by atoms with E-state index < -0.39 is 0 Å². The molecule has 0 spiro atoms. The van der Waals surface area contributed by atoms with Crippen molar-refractivity contribution in [3.05, 3.63) is 34.9 Å². The zero-order valence-corrected chi connectivity index (χ0v) is 17.6. The quantitative estimate of drug-likeness (QED) is 0.403. The standard InChI is InChI=1S/C24H42/c1-20-14-13-16-21(15-9-8-11-18-23(2,3)4)22(20)17-10-12-19-24(5,6)7/h13-14,16H,8-12,15,17-19H2,1-7H3. The highest BCUT2D eigenvalue weighted by Gasteiger charge is 2.11. The Morgan fingerprint density at radius 1 is 0.667 bits per heavy atom. The molecule has 138 valence electrons. The van der Waals surface area contributed by atoms with Crippen molar-refractivity contribution in [1.82, 2.24) is 0 Å². The molecule has 0 amide bonds. The lowest BCUT2D eigenvalue weighted by Crippen LogP contribution is -2.05. The molecule has 0 N–H and O–H groups in total. The monoisotopic (exact) mass is 330 g/mol. The van der Waals surface area contributed by atoms with Crippen molar-refractivity contribution in [2.45, 2.75) is 106 Å². The molecule has 0 nitrogen and oxygen atoms in total. The molecule has 0 radical (unpaired) electrons. The molecular weight excluding hydrogens is 288 g/mol. The van der Waals surface area contributed by atoms with E-state index in [4.69, 9.17) is 0 Å². The van der Waals surface area contributed by atoms with E-state index in [1.807, 2.05) is 0 Å². The Hall–Kier alpha value is -0.780. The maximum Gasteiger partial charge on any atom is -0.0274 e. The van der Waals surface area contributed by atoms with Crippen LogP contribution in [-0.2, 0) is 12.8 Å². The van der Waals surface area contributed by atoms with E-state index in [0.717, 1.165) is 0 Å². The fraction of sp³-hybridized carbons (Fsp3) is 0.750. The van der Waals surface area contributed by atoms with Crippen LogP contribution in [0.3, 0.4) is 0 Å². The molecule has 0 unspecified atom stereocenters. The van der Waals surface area contributed by atoms with E-state index in [-0.39, 0.29) is 0 Å². The van der Waals surface area contributed by atoms with Gasteiger partial charge in [0.2, 0.25) is 0 Å². The Morgan fingerprint density at radius 3 is 1.79 bits per heavy atom. The summed E-state index contributed by atoms with van der Waals surface area (Å²) in [5, 5.41) is 0. The summed E-state index contributed by atoms with van der Waals surface area (Å²) >= 11 is 0. The maximum absolute atomic E-state index is 2.37. The summed E-state index contributed by atoms with van der Waals surface area (Å²) in [5.74, 6) is 0. The van der Waals surface area contributed by atoms with Gasteiger partial charge in [-0.2, -0.15) is 0 Å². The van der Waals surface area contributed by atoms with Gasteiger partial charge in [-0.25, -0.2) is 0 Å². The van der Waals surface area contributed by atoms with Crippen LogP contribution < -0.4 is 0 Å². The lowest BCUT2D eigenvalue weighted by Gasteiger charge is -2.19. The molecule has 0 atom stereocenters. The fourth-order valence-electron chi connectivity index (χ4n) is 3.46. The van der Waals surface area contributed by atoms with Crippen LogP contribution in [0.1, 0.15) is 103 Å². The largest absolute Gasteiger partial charge is 0.0617 e. The van der Waals surface area contributed by atoms with E-state index in [9.17, 15) is 0 Å². The van der Waals surface area contributed by atoms with Gasteiger partial charge in [0.05, 0.1) is 0 Å². The van der Waals surface area contributed by atoms with Crippen LogP contribution in [0.4, 0.5) is 0 Å². The van der Waals surface area contributed by atoms with Crippen molar-refractivity contribution in [1.29, 1.82) is 0 Å². The molecule has 0 aliphatic carbocycles. The van der Waals surface area contributed by atoms with Gasteiger partial charge in [-0.3, -0.25) is 0 Å². The zero-order chi connectivity index (χ0) is 18.2. The van der Waals surface area contributed by atoms with Crippen molar-refractivity contribution in [2.75, 3.05) is 0 Å². The highest BCUT2D eigenvalue weighted by molar-refractivity contribution is 5.34. The maximum atomic E-state index is 2.37. The molecule has 1 aromatic rings. The highest BCUT2D eigenvalue weighted by Crippen LogP contribution is 2.25. The molecule has 24 heavy (non-hydrogen) atoms. The Balaban J connectivity index is 2.45. The van der Waals surface area contributed by atoms with E-state index >= 15 is 0 Å². The zero-order valence-electron chi connectivity index (χ0n) is 17.6. The van der Waals surface area contributed by atoms with Gasteiger partial charge in [-0.05, 0) is 73.0 Å². The second kappa shape index (κ2) is 9.64. The number of hydrogen-bond donors (Lipinski definition) is 0. The van der Waals surface area contributed by atoms with Crippen molar-refractivity contribution < 1.29 is 0 Å². The number of aryl methyl sites for hydroxylation is 2. The minimum absolute atomic E-state index is 0.474. The average Bonchev–Trinajstić information content (AvgIpc) is 2.43. The van der Waals surface area contributed by atoms with Gasteiger partial charge in [0, 0.05) is 0 Å². The summed E-state index contributed by atoms with van der Waals surface area (Å²) in [6.07, 6.45) is 12.0. The van der Waals surface area contributed by atoms with Gasteiger partial charge in [-0.1, -0.05) is 79.0 Å². The third-order valence-corrected chi connectivity index (χ3v) is 4.98. The van der Waals surface area contributed by atoms with Crippen molar-refractivity contribution in [3.8, 4) is 0 Å². The van der Waals surface area contributed by atoms with E-state index in [1.54, 1.807) is 11.1 Å². The van der Waals surface area contributed by atoms with Gasteiger partial charge in [-0.15, -0.1) is 0 Å². The van der Waals surface area contributed by atoms with Crippen LogP contribution in [0.25, 0.3) is 0 Å². The summed E-state index contributed by atoms with van der Waals surface area (Å²) in [4.78, 5) is 0. The van der Waals surface area contributed by atoms with Crippen LogP contribution >= 0.6 is 0 Å². The smallest absolute Gasteiger partial charge is 0.0274 e. The van der Waals surface area contributed by atoms with Crippen molar-refractivity contribution in [3.63, 3.8) is 0 Å². The first-order valence-electron chi connectivity index (χ1n) is 10.2. The van der Waals surface area contributed by atoms with Crippen LogP contribution in [0, 0.1) is 17.8 Å². The number of hydrogen-bond acceptors (Lipinski definition) is 0. The predicted octanol–water partition coefficient (Wildman–Crippen LogP) is 7.90. The van der Waals surface area contributed by atoms with Crippen LogP contribution in [0.5, 0.6) is 0 Å². The van der Waals surface area contributed by atoms with Crippen molar-refractivity contribution in [2.24, 2.45) is 10.8 Å². The van der Waals surface area contributed by atoms with Crippen LogP contribution in [-0.4, -0.2) is 0 Å². The summed E-state index contributed by atoms with van der Waals surface area (Å²) < 4.78 is 0. The first-order chi connectivity index (χ1) is 11.1. The van der Waals surface area contributed by atoms with Gasteiger partial charge in [0.1, 0.15) is 0 Å². The second-order valence-electron chi connectivity index (χ2n) is 10.1. The number of benzene rings is 1. The summed E-state index contributed by atoms with van der Waals surface area (Å²) in [7, 11) is 0. The Kier molecular flexibility index (Phi) is 8.54. The molecule has 0 fully saturated rings. The summed E-state index contributed by atoms with van der Waals surface area (Å²) in [5.41, 5.74) is 5.71. The molecular formula is C24H42. The van der Waals surface area contributed by atoms with Crippen LogP contribution in [0.2, 0.25) is 0 Å². The molecule has 0 aliphatic rings. The number of rotatable bonds is 9. The third kappa shape index (κ3) is 9.50. The van der Waals surface area contributed by atoms with Gasteiger partial charge < -0.3 is 0 Å². The fourth-order valence-corrected chi connectivity index (χ4v) is 3.46. The second-order valence-corrected chi connectivity index (χ2v) is 10.1. The molecule has 0 aromatic heterocycles. The molecule has 0 saturated heterocycles. The Labute approximate surface area is 152 Å². The van der Waals surface area contributed by atoms with Gasteiger partial charge >= 0.3 is 0 Å². The SMILES string of the molecule is Cc1cccc(CCCCCC(C)(C)C)c1CCCCC(C)(C)C. The molecule has 0 heteroatoms. The average molecular weight is 331 g/mol. The Morgan fingerprint density at radius 2 is 1.21 bits per heavy atom. The minimum atomic E-state index is 0.474. The molecule has 0 saturated carbocycles. The molecule has 0 aliphatic heterocycles. The number of unbranched alkanes of at least 4 members (excludes halogenated alkanes) is 3. The summed E-state index contributed by atoms with van der Waals surface area (Å²) in [6.45, 7) is 16.4. The molecule has 1 aromatic carbocycles. The van der Waals surface area contributed by atoms with E-state index in [2.05, 4.69) is 66.7 Å². The van der Waals surface area contributed by atoms with Crippen molar-refractivity contribution >= 4 is 0 Å². The Bertz CT molecular complexity index is 468. The normalized spacial score (nSPS) is 12.6. The lowest BCUT2D eigenvalue weighted by atomic mass is 9.87. The highest BCUT2D eigenvalue weighted by atomic mass is 14.2. The first kappa shape index (κ1) is 21.3. The van der Waals surface area contributed by atoms with Gasteiger partial charge in [0.15, 0.2) is 0 Å². The van der Waals surface area contributed by atoms with Crippen LogP contribution in [0.15, 0.2) is 18.2 Å². The summed E-state index contributed by atoms with van der Waals surface area (Å²) in [6, 6.07) is 6.91. The minimum Gasteiger partial charge on any atom is -0.0617 e. The topological polar surface area (TPSA) is 0 Å². The predicted molar refractivity (Wildman–Crippen MR) is 110 cm³/mol.